The van der Waals surface area contributed by atoms with E-state index in [1.165, 1.54) is 11.6 Å². The van der Waals surface area contributed by atoms with E-state index in [1.807, 2.05) is 25.2 Å². The minimum absolute atomic E-state index is 0.235. The number of hydrogen-bond acceptors (Lipinski definition) is 3. The molecule has 0 aliphatic heterocycles. The standard InChI is InChI=1S/C14H16FN3/c1-18(9-11-5-7-17-8-6-11)10-12-3-2-4-13(15)14(12)16/h2-8H,9-10,16H2,1H3. The van der Waals surface area contributed by atoms with Crippen LogP contribution in [0.2, 0.25) is 0 Å². The van der Waals surface area contributed by atoms with Crippen molar-refractivity contribution in [3.63, 3.8) is 0 Å². The Hall–Kier alpha value is -1.94. The van der Waals surface area contributed by atoms with E-state index in [0.717, 1.165) is 12.1 Å². The molecule has 0 saturated carbocycles. The van der Waals surface area contributed by atoms with Gasteiger partial charge in [0.2, 0.25) is 0 Å². The Morgan fingerprint density at radius 1 is 1.17 bits per heavy atom. The van der Waals surface area contributed by atoms with Crippen molar-refractivity contribution in [2.24, 2.45) is 0 Å². The lowest BCUT2D eigenvalue weighted by Crippen LogP contribution is -2.18. The summed E-state index contributed by atoms with van der Waals surface area (Å²) in [4.78, 5) is 6.06. The molecule has 2 aromatic rings. The summed E-state index contributed by atoms with van der Waals surface area (Å²) < 4.78 is 13.3. The van der Waals surface area contributed by atoms with E-state index in [1.54, 1.807) is 18.5 Å². The maximum absolute atomic E-state index is 13.3. The van der Waals surface area contributed by atoms with Gasteiger partial charge in [-0.3, -0.25) is 9.88 Å². The Morgan fingerprint density at radius 3 is 2.61 bits per heavy atom. The van der Waals surface area contributed by atoms with Crippen molar-refractivity contribution in [3.8, 4) is 0 Å². The number of aromatic nitrogens is 1. The van der Waals surface area contributed by atoms with Crippen LogP contribution in [0.1, 0.15) is 11.1 Å². The second-order valence-electron chi connectivity index (χ2n) is 4.34. The zero-order chi connectivity index (χ0) is 13.0. The molecule has 94 valence electrons. The first-order valence-corrected chi connectivity index (χ1v) is 5.77. The summed E-state index contributed by atoms with van der Waals surface area (Å²) in [6, 6.07) is 8.83. The van der Waals surface area contributed by atoms with Crippen molar-refractivity contribution in [3.05, 3.63) is 59.7 Å². The molecule has 0 fully saturated rings. The molecule has 0 amide bonds. The molecule has 0 aliphatic rings. The highest BCUT2D eigenvalue weighted by Crippen LogP contribution is 2.17. The number of nitrogen functional groups attached to an aromatic ring is 1. The van der Waals surface area contributed by atoms with Crippen LogP contribution in [0.4, 0.5) is 10.1 Å². The van der Waals surface area contributed by atoms with E-state index < -0.39 is 0 Å². The van der Waals surface area contributed by atoms with E-state index in [0.29, 0.717) is 6.54 Å². The number of hydrogen-bond donors (Lipinski definition) is 1. The van der Waals surface area contributed by atoms with Gasteiger partial charge >= 0.3 is 0 Å². The van der Waals surface area contributed by atoms with Gasteiger partial charge < -0.3 is 5.73 Å². The van der Waals surface area contributed by atoms with Crippen molar-refractivity contribution >= 4 is 5.69 Å². The molecule has 0 spiro atoms. The average molecular weight is 245 g/mol. The third kappa shape index (κ3) is 3.05. The minimum Gasteiger partial charge on any atom is -0.396 e. The zero-order valence-electron chi connectivity index (χ0n) is 10.3. The maximum atomic E-state index is 13.3. The molecule has 2 rings (SSSR count). The van der Waals surface area contributed by atoms with Crippen LogP contribution in [-0.2, 0) is 13.1 Å². The number of nitrogens with zero attached hydrogens (tertiary/aromatic N) is 2. The SMILES string of the molecule is CN(Cc1ccncc1)Cc1cccc(F)c1N. The fraction of sp³-hybridized carbons (Fsp3) is 0.214. The van der Waals surface area contributed by atoms with Crippen LogP contribution in [0.15, 0.2) is 42.7 Å². The molecule has 2 N–H and O–H groups in total. The van der Waals surface area contributed by atoms with Crippen molar-refractivity contribution < 1.29 is 4.39 Å². The first-order chi connectivity index (χ1) is 8.66. The second-order valence-corrected chi connectivity index (χ2v) is 4.34. The van der Waals surface area contributed by atoms with Crippen LogP contribution >= 0.6 is 0 Å². The predicted molar refractivity (Wildman–Crippen MR) is 70.2 cm³/mol. The summed E-state index contributed by atoms with van der Waals surface area (Å²) in [5, 5.41) is 0. The van der Waals surface area contributed by atoms with Gasteiger partial charge in [-0.1, -0.05) is 12.1 Å². The molecule has 3 nitrogen and oxygen atoms in total. The molecule has 0 atom stereocenters. The lowest BCUT2D eigenvalue weighted by molar-refractivity contribution is 0.319. The molecular formula is C14H16FN3. The van der Waals surface area contributed by atoms with Gasteiger partial charge in [0.15, 0.2) is 0 Å². The van der Waals surface area contributed by atoms with Crippen LogP contribution in [0.5, 0.6) is 0 Å². The third-order valence-corrected chi connectivity index (χ3v) is 2.79. The Labute approximate surface area is 106 Å². The molecule has 0 bridgehead atoms. The van der Waals surface area contributed by atoms with Crippen LogP contribution in [0, 0.1) is 5.82 Å². The molecule has 0 unspecified atom stereocenters. The number of anilines is 1. The molecule has 18 heavy (non-hydrogen) atoms. The van der Waals surface area contributed by atoms with Crippen molar-refractivity contribution in [2.45, 2.75) is 13.1 Å². The normalized spacial score (nSPS) is 10.8. The number of rotatable bonds is 4. The summed E-state index contributed by atoms with van der Waals surface area (Å²) in [6.45, 7) is 1.39. The summed E-state index contributed by atoms with van der Waals surface area (Å²) in [5.74, 6) is -0.357. The van der Waals surface area contributed by atoms with E-state index in [-0.39, 0.29) is 11.5 Å². The van der Waals surface area contributed by atoms with Gasteiger partial charge in [-0.2, -0.15) is 0 Å². The summed E-state index contributed by atoms with van der Waals surface area (Å²) in [6.07, 6.45) is 3.53. The Bertz CT molecular complexity index is 514. The molecular weight excluding hydrogens is 229 g/mol. The lowest BCUT2D eigenvalue weighted by Gasteiger charge is -2.18. The summed E-state index contributed by atoms with van der Waals surface area (Å²) in [7, 11) is 1.98. The molecule has 0 radical (unpaired) electrons. The fourth-order valence-electron chi connectivity index (χ4n) is 1.87. The highest BCUT2D eigenvalue weighted by Gasteiger charge is 2.07. The maximum Gasteiger partial charge on any atom is 0.146 e. The average Bonchev–Trinajstić information content (AvgIpc) is 2.36. The zero-order valence-corrected chi connectivity index (χ0v) is 10.3. The third-order valence-electron chi connectivity index (χ3n) is 2.79. The lowest BCUT2D eigenvalue weighted by atomic mass is 10.1. The Kier molecular flexibility index (Phi) is 3.89. The molecule has 1 heterocycles. The number of nitrogens with two attached hydrogens (primary N) is 1. The second kappa shape index (κ2) is 5.60. The largest absolute Gasteiger partial charge is 0.396 e. The monoisotopic (exact) mass is 245 g/mol. The Balaban J connectivity index is 2.03. The van der Waals surface area contributed by atoms with Crippen LogP contribution in [0.3, 0.4) is 0 Å². The summed E-state index contributed by atoms with van der Waals surface area (Å²) in [5.41, 5.74) is 7.93. The smallest absolute Gasteiger partial charge is 0.146 e. The van der Waals surface area contributed by atoms with E-state index in [2.05, 4.69) is 9.88 Å². The van der Waals surface area contributed by atoms with E-state index >= 15 is 0 Å². The van der Waals surface area contributed by atoms with Gasteiger partial charge in [-0.05, 0) is 36.4 Å². The van der Waals surface area contributed by atoms with Crippen LogP contribution in [-0.4, -0.2) is 16.9 Å². The molecule has 4 heteroatoms. The van der Waals surface area contributed by atoms with Crippen molar-refractivity contribution in [2.75, 3.05) is 12.8 Å². The van der Waals surface area contributed by atoms with Gasteiger partial charge in [0.25, 0.3) is 0 Å². The van der Waals surface area contributed by atoms with Crippen LogP contribution < -0.4 is 5.73 Å². The molecule has 1 aromatic heterocycles. The first kappa shape index (κ1) is 12.5. The fourth-order valence-corrected chi connectivity index (χ4v) is 1.87. The van der Waals surface area contributed by atoms with Gasteiger partial charge in [-0.15, -0.1) is 0 Å². The predicted octanol–water partition coefficient (Wildman–Crippen LogP) is 2.43. The van der Waals surface area contributed by atoms with Crippen molar-refractivity contribution in [1.82, 2.24) is 9.88 Å². The molecule has 0 saturated heterocycles. The van der Waals surface area contributed by atoms with E-state index in [9.17, 15) is 4.39 Å². The van der Waals surface area contributed by atoms with Crippen molar-refractivity contribution in [1.29, 1.82) is 0 Å². The Morgan fingerprint density at radius 2 is 1.89 bits per heavy atom. The topological polar surface area (TPSA) is 42.2 Å². The van der Waals surface area contributed by atoms with Gasteiger partial charge in [0.05, 0.1) is 5.69 Å². The number of halogens is 1. The summed E-state index contributed by atoms with van der Waals surface area (Å²) >= 11 is 0. The van der Waals surface area contributed by atoms with Gasteiger partial charge in [-0.25, -0.2) is 4.39 Å². The number of para-hydroxylation sites is 1. The molecule has 1 aromatic carbocycles. The molecule has 0 aliphatic carbocycles. The van der Waals surface area contributed by atoms with Crippen LogP contribution in [0.25, 0.3) is 0 Å². The quantitative estimate of drug-likeness (QED) is 0.841. The highest BCUT2D eigenvalue weighted by atomic mass is 19.1. The minimum atomic E-state index is -0.357. The van der Waals surface area contributed by atoms with Gasteiger partial charge in [0, 0.05) is 25.5 Å². The van der Waals surface area contributed by atoms with E-state index in [4.69, 9.17) is 5.73 Å². The number of pyridine rings is 1. The highest BCUT2D eigenvalue weighted by molar-refractivity contribution is 5.47. The van der Waals surface area contributed by atoms with Gasteiger partial charge in [0.1, 0.15) is 5.82 Å². The first-order valence-electron chi connectivity index (χ1n) is 5.77. The number of benzene rings is 1.